The average Bonchev–Trinajstić information content (AvgIpc) is 3.90. The lowest BCUT2D eigenvalue weighted by Gasteiger charge is -2.28. The number of furan rings is 2. The van der Waals surface area contributed by atoms with Gasteiger partial charge in [-0.2, -0.15) is 0 Å². The quantitative estimate of drug-likeness (QED) is 0.176. The number of para-hydroxylation sites is 1. The molecule has 2 heterocycles. The number of hydrogen-bond donors (Lipinski definition) is 0. The van der Waals surface area contributed by atoms with Crippen molar-refractivity contribution in [2.75, 3.05) is 4.90 Å². The molecule has 0 saturated heterocycles. The van der Waals surface area contributed by atoms with Crippen LogP contribution in [0.15, 0.2) is 197 Å². The fraction of sp³-hybridized carbons (Fsp3) is 0.0545. The van der Waals surface area contributed by atoms with Gasteiger partial charge in [-0.15, -0.1) is 0 Å². The second kappa shape index (κ2) is 12.3. The van der Waals surface area contributed by atoms with Crippen LogP contribution in [-0.4, -0.2) is 0 Å². The summed E-state index contributed by atoms with van der Waals surface area (Å²) >= 11 is 0. The minimum absolute atomic E-state index is 0.133. The van der Waals surface area contributed by atoms with Gasteiger partial charge in [0.15, 0.2) is 0 Å². The summed E-state index contributed by atoms with van der Waals surface area (Å²) in [5, 5.41) is 6.60. The molecule has 0 amide bonds. The fourth-order valence-corrected chi connectivity index (χ4v) is 9.66. The van der Waals surface area contributed by atoms with E-state index < -0.39 is 0 Å². The lowest BCUT2D eigenvalue weighted by Crippen LogP contribution is -2.16. The molecule has 3 nitrogen and oxygen atoms in total. The van der Waals surface area contributed by atoms with E-state index in [0.717, 1.165) is 83.2 Å². The van der Waals surface area contributed by atoms with Crippen LogP contribution in [-0.2, 0) is 5.41 Å². The zero-order valence-electron chi connectivity index (χ0n) is 32.2. The van der Waals surface area contributed by atoms with Crippen molar-refractivity contribution in [3.63, 3.8) is 0 Å². The number of fused-ring (bicyclic) bond motifs is 10. The maximum Gasteiger partial charge on any atom is 0.144 e. The zero-order valence-corrected chi connectivity index (χ0v) is 32.2. The molecule has 9 aromatic carbocycles. The summed E-state index contributed by atoms with van der Waals surface area (Å²) < 4.78 is 13.7. The number of hydrogen-bond acceptors (Lipinski definition) is 3. The van der Waals surface area contributed by atoms with Crippen molar-refractivity contribution in [3.05, 3.63) is 199 Å². The van der Waals surface area contributed by atoms with Gasteiger partial charge in [0, 0.05) is 49.6 Å². The van der Waals surface area contributed by atoms with Crippen LogP contribution in [0.3, 0.4) is 0 Å². The summed E-state index contributed by atoms with van der Waals surface area (Å²) in [6.45, 7) is 4.69. The number of rotatable bonds is 5. The van der Waals surface area contributed by atoms with Crippen LogP contribution in [0, 0.1) is 0 Å². The van der Waals surface area contributed by atoms with Crippen molar-refractivity contribution >= 4 is 71.7 Å². The highest BCUT2D eigenvalue weighted by Crippen LogP contribution is 2.52. The molecular formula is C55H37NO2. The first kappa shape index (κ1) is 32.8. The van der Waals surface area contributed by atoms with Crippen molar-refractivity contribution in [1.82, 2.24) is 0 Å². The molecule has 58 heavy (non-hydrogen) atoms. The van der Waals surface area contributed by atoms with Gasteiger partial charge in [-0.3, -0.25) is 0 Å². The van der Waals surface area contributed by atoms with Crippen LogP contribution < -0.4 is 4.90 Å². The van der Waals surface area contributed by atoms with Crippen LogP contribution in [0.2, 0.25) is 0 Å². The number of nitrogens with zero attached hydrogens (tertiary/aromatic N) is 1. The Balaban J connectivity index is 1.12. The van der Waals surface area contributed by atoms with E-state index >= 15 is 0 Å². The lowest BCUT2D eigenvalue weighted by atomic mass is 9.82. The first-order valence-electron chi connectivity index (χ1n) is 20.0. The molecule has 0 unspecified atom stereocenters. The summed E-state index contributed by atoms with van der Waals surface area (Å²) in [6.07, 6.45) is 0. The van der Waals surface area contributed by atoms with Crippen LogP contribution in [0.1, 0.15) is 25.0 Å². The third-order valence-corrected chi connectivity index (χ3v) is 12.4. The molecule has 0 fully saturated rings. The van der Waals surface area contributed by atoms with Gasteiger partial charge in [-0.05, 0) is 104 Å². The van der Waals surface area contributed by atoms with Crippen molar-refractivity contribution < 1.29 is 8.83 Å². The van der Waals surface area contributed by atoms with Gasteiger partial charge in [-0.1, -0.05) is 147 Å². The second-order valence-corrected chi connectivity index (χ2v) is 16.1. The van der Waals surface area contributed by atoms with E-state index in [1.165, 1.54) is 33.0 Å². The first-order valence-corrected chi connectivity index (χ1v) is 20.0. The molecule has 2 aromatic heterocycles. The molecule has 0 spiro atoms. The van der Waals surface area contributed by atoms with Gasteiger partial charge in [0.2, 0.25) is 0 Å². The molecule has 0 aliphatic heterocycles. The van der Waals surface area contributed by atoms with Crippen molar-refractivity contribution in [2.24, 2.45) is 0 Å². The molecule has 274 valence electrons. The second-order valence-electron chi connectivity index (χ2n) is 16.1. The third kappa shape index (κ3) is 4.80. The molecule has 0 bridgehead atoms. The summed E-state index contributed by atoms with van der Waals surface area (Å²) in [6, 6.07) is 67.6. The molecule has 0 saturated carbocycles. The van der Waals surface area contributed by atoms with E-state index in [4.69, 9.17) is 8.83 Å². The van der Waals surface area contributed by atoms with Gasteiger partial charge >= 0.3 is 0 Å². The predicted octanol–water partition coefficient (Wildman–Crippen LogP) is 15.7. The summed E-state index contributed by atoms with van der Waals surface area (Å²) in [4.78, 5) is 2.40. The molecule has 12 rings (SSSR count). The molecule has 1 aliphatic carbocycles. The highest BCUT2D eigenvalue weighted by molar-refractivity contribution is 6.24. The van der Waals surface area contributed by atoms with Gasteiger partial charge < -0.3 is 13.7 Å². The highest BCUT2D eigenvalue weighted by Gasteiger charge is 2.36. The van der Waals surface area contributed by atoms with E-state index in [9.17, 15) is 0 Å². The van der Waals surface area contributed by atoms with E-state index in [0.29, 0.717) is 0 Å². The van der Waals surface area contributed by atoms with Gasteiger partial charge in [-0.25, -0.2) is 0 Å². The molecule has 3 heteroatoms. The van der Waals surface area contributed by atoms with E-state index in [-0.39, 0.29) is 5.41 Å². The molecule has 0 atom stereocenters. The van der Waals surface area contributed by atoms with Gasteiger partial charge in [0.1, 0.15) is 22.3 Å². The fourth-order valence-electron chi connectivity index (χ4n) is 9.66. The van der Waals surface area contributed by atoms with E-state index in [1.54, 1.807) is 0 Å². The van der Waals surface area contributed by atoms with Crippen LogP contribution >= 0.6 is 0 Å². The van der Waals surface area contributed by atoms with E-state index in [2.05, 4.69) is 201 Å². The highest BCUT2D eigenvalue weighted by atomic mass is 16.3. The molecule has 1 aliphatic rings. The van der Waals surface area contributed by atoms with Gasteiger partial charge in [0.25, 0.3) is 0 Å². The SMILES string of the molecule is CC1(C)c2ccccc2-c2ccc(N(c3ccc4ccccc4c3)c3ccc4oc5c(-c6ccccc6-c6ccccc6)c6c(cc5c4c3)oc3ccccc36)cc21. The Morgan fingerprint density at radius 1 is 0.397 bits per heavy atom. The summed E-state index contributed by atoms with van der Waals surface area (Å²) in [5.74, 6) is 0. The first-order chi connectivity index (χ1) is 28.5. The van der Waals surface area contributed by atoms with E-state index in [1.807, 2.05) is 6.07 Å². The third-order valence-electron chi connectivity index (χ3n) is 12.4. The Bertz CT molecular complexity index is 3440. The minimum atomic E-state index is -0.133. The standard InChI is InChI=1S/C55H37NO2/c1-55(2)47-22-12-10-19-41(47)42-28-26-39(32-48(42)55)56(37-25-24-34-14-6-7-17-36(34)30-37)38-27-29-50-45(31-38)46-33-51-52(44-21-11-13-23-49(44)57-51)53(54(46)58-50)43-20-9-8-18-40(43)35-15-4-3-5-16-35/h3-33H,1-2H3. The molecule has 0 radical (unpaired) electrons. The zero-order chi connectivity index (χ0) is 38.5. The largest absolute Gasteiger partial charge is 0.456 e. The van der Waals surface area contributed by atoms with Crippen molar-refractivity contribution in [1.29, 1.82) is 0 Å². The molecule has 0 N–H and O–H groups in total. The Kier molecular flexibility index (Phi) is 6.98. The van der Waals surface area contributed by atoms with Crippen molar-refractivity contribution in [2.45, 2.75) is 19.3 Å². The number of anilines is 3. The van der Waals surface area contributed by atoms with Crippen LogP contribution in [0.5, 0.6) is 0 Å². The Labute approximate surface area is 336 Å². The average molecular weight is 744 g/mol. The summed E-state index contributed by atoms with van der Waals surface area (Å²) in [7, 11) is 0. The number of benzene rings is 9. The smallest absolute Gasteiger partial charge is 0.144 e. The maximum absolute atomic E-state index is 7.02. The normalized spacial score (nSPS) is 13.1. The Morgan fingerprint density at radius 2 is 1.03 bits per heavy atom. The summed E-state index contributed by atoms with van der Waals surface area (Å²) in [5.41, 5.74) is 16.3. The van der Waals surface area contributed by atoms with Crippen molar-refractivity contribution in [3.8, 4) is 33.4 Å². The Hall–Kier alpha value is -7.36. The minimum Gasteiger partial charge on any atom is -0.456 e. The topological polar surface area (TPSA) is 29.5 Å². The molecular weight excluding hydrogens is 707 g/mol. The monoisotopic (exact) mass is 743 g/mol. The van der Waals surface area contributed by atoms with Gasteiger partial charge in [0.05, 0.1) is 0 Å². The Morgan fingerprint density at radius 3 is 1.91 bits per heavy atom. The predicted molar refractivity (Wildman–Crippen MR) is 242 cm³/mol. The molecule has 11 aromatic rings. The maximum atomic E-state index is 7.02. The lowest BCUT2D eigenvalue weighted by molar-refractivity contribution is 0.660. The van der Waals surface area contributed by atoms with Crippen LogP contribution in [0.25, 0.3) is 88.0 Å². The van der Waals surface area contributed by atoms with Crippen LogP contribution in [0.4, 0.5) is 17.1 Å².